The van der Waals surface area contributed by atoms with Gasteiger partial charge in [0.05, 0.1) is 5.69 Å². The van der Waals surface area contributed by atoms with Gasteiger partial charge in [0, 0.05) is 23.5 Å². The van der Waals surface area contributed by atoms with Gasteiger partial charge in [-0.15, -0.1) is 11.3 Å². The molecule has 1 aliphatic rings. The summed E-state index contributed by atoms with van der Waals surface area (Å²) in [5.74, 6) is 1.57. The van der Waals surface area contributed by atoms with Crippen molar-refractivity contribution in [3.8, 4) is 22.1 Å². The molecule has 1 aromatic carbocycles. The Kier molecular flexibility index (Phi) is 3.40. The van der Waals surface area contributed by atoms with Gasteiger partial charge in [-0.2, -0.15) is 0 Å². The second-order valence-electron chi connectivity index (χ2n) is 4.36. The van der Waals surface area contributed by atoms with Crippen LogP contribution in [-0.4, -0.2) is 29.9 Å². The van der Waals surface area contributed by atoms with E-state index in [1.54, 1.807) is 11.3 Å². The molecule has 1 aromatic heterocycles. The van der Waals surface area contributed by atoms with Crippen LogP contribution in [0.25, 0.3) is 10.6 Å². The summed E-state index contributed by atoms with van der Waals surface area (Å²) >= 11 is 1.62. The van der Waals surface area contributed by atoms with Crippen LogP contribution in [-0.2, 0) is 6.42 Å². The Hall–Kier alpha value is -1.59. The van der Waals surface area contributed by atoms with Gasteiger partial charge in [-0.25, -0.2) is 4.98 Å². The third-order valence-corrected chi connectivity index (χ3v) is 4.29. The van der Waals surface area contributed by atoms with Crippen LogP contribution < -0.4 is 9.47 Å². The van der Waals surface area contributed by atoms with Gasteiger partial charge < -0.3 is 14.6 Å². The van der Waals surface area contributed by atoms with Crippen molar-refractivity contribution in [1.82, 2.24) is 4.98 Å². The molecule has 0 radical (unpaired) electrons. The quantitative estimate of drug-likeness (QED) is 0.936. The van der Waals surface area contributed by atoms with Crippen molar-refractivity contribution in [2.45, 2.75) is 13.3 Å². The fourth-order valence-corrected chi connectivity index (χ4v) is 3.11. The smallest absolute Gasteiger partial charge is 0.162 e. The Balaban J connectivity index is 1.95. The topological polar surface area (TPSA) is 51.6 Å². The van der Waals surface area contributed by atoms with Crippen LogP contribution in [0, 0.1) is 6.92 Å². The van der Waals surface area contributed by atoms with Crippen molar-refractivity contribution in [2.24, 2.45) is 0 Å². The van der Waals surface area contributed by atoms with Crippen molar-refractivity contribution >= 4 is 11.3 Å². The maximum absolute atomic E-state index is 9.02. The zero-order chi connectivity index (χ0) is 13.2. The summed E-state index contributed by atoms with van der Waals surface area (Å²) in [7, 11) is 0. The molecule has 0 saturated carbocycles. The molecular formula is C14H15NO3S. The van der Waals surface area contributed by atoms with Crippen LogP contribution in [0.3, 0.4) is 0 Å². The van der Waals surface area contributed by atoms with Crippen LogP contribution in [0.1, 0.15) is 10.6 Å². The molecule has 1 aliphatic heterocycles. The van der Waals surface area contributed by atoms with Crippen molar-refractivity contribution in [1.29, 1.82) is 0 Å². The first kappa shape index (κ1) is 12.4. The van der Waals surface area contributed by atoms with Gasteiger partial charge in [-0.1, -0.05) is 0 Å². The van der Waals surface area contributed by atoms with E-state index in [4.69, 9.17) is 14.6 Å². The van der Waals surface area contributed by atoms with Crippen LogP contribution >= 0.6 is 11.3 Å². The number of aromatic nitrogens is 1. The summed E-state index contributed by atoms with van der Waals surface area (Å²) in [4.78, 5) is 5.69. The number of thiazole rings is 1. The number of hydrogen-bond donors (Lipinski definition) is 1. The lowest BCUT2D eigenvalue weighted by molar-refractivity contribution is 0.171. The number of hydrogen-bond acceptors (Lipinski definition) is 5. The van der Waals surface area contributed by atoms with E-state index in [2.05, 4.69) is 4.98 Å². The van der Waals surface area contributed by atoms with Gasteiger partial charge in [-0.05, 0) is 25.1 Å². The summed E-state index contributed by atoms with van der Waals surface area (Å²) < 4.78 is 11.1. The molecule has 0 bridgehead atoms. The molecule has 0 amide bonds. The number of benzene rings is 1. The van der Waals surface area contributed by atoms with E-state index in [0.717, 1.165) is 32.6 Å². The molecule has 2 heterocycles. The summed E-state index contributed by atoms with van der Waals surface area (Å²) in [6.07, 6.45) is 0.661. The first-order chi connectivity index (χ1) is 9.28. The largest absolute Gasteiger partial charge is 0.486 e. The van der Waals surface area contributed by atoms with Gasteiger partial charge in [0.1, 0.15) is 18.2 Å². The fraction of sp³-hybridized carbons (Fsp3) is 0.357. The van der Waals surface area contributed by atoms with E-state index < -0.39 is 0 Å². The third kappa shape index (κ3) is 2.43. The Morgan fingerprint density at radius 2 is 2.05 bits per heavy atom. The monoisotopic (exact) mass is 277 g/mol. The molecule has 5 heteroatoms. The molecule has 0 spiro atoms. The lowest BCUT2D eigenvalue weighted by atomic mass is 10.2. The van der Waals surface area contributed by atoms with Crippen molar-refractivity contribution < 1.29 is 14.6 Å². The first-order valence-electron chi connectivity index (χ1n) is 6.25. The minimum Gasteiger partial charge on any atom is -0.486 e. The van der Waals surface area contributed by atoms with Crippen molar-refractivity contribution in [2.75, 3.05) is 19.8 Å². The average Bonchev–Trinajstić information content (AvgIpc) is 2.80. The second kappa shape index (κ2) is 5.19. The number of aliphatic hydroxyl groups excluding tert-OH is 1. The number of aryl methyl sites for hydroxylation is 1. The van der Waals surface area contributed by atoms with Crippen molar-refractivity contribution in [3.05, 3.63) is 28.8 Å². The lowest BCUT2D eigenvalue weighted by Gasteiger charge is -2.18. The van der Waals surface area contributed by atoms with Crippen LogP contribution in [0.15, 0.2) is 18.2 Å². The molecule has 19 heavy (non-hydrogen) atoms. The maximum atomic E-state index is 9.02. The molecule has 2 aromatic rings. The Bertz CT molecular complexity index is 594. The molecule has 0 saturated heterocycles. The van der Waals surface area contributed by atoms with Crippen LogP contribution in [0.5, 0.6) is 11.5 Å². The van der Waals surface area contributed by atoms with Gasteiger partial charge in [0.15, 0.2) is 11.5 Å². The number of ether oxygens (including phenoxy) is 2. The highest BCUT2D eigenvalue weighted by atomic mass is 32.1. The molecule has 0 unspecified atom stereocenters. The summed E-state index contributed by atoms with van der Waals surface area (Å²) in [5, 5.41) is 9.98. The van der Waals surface area contributed by atoms with Crippen LogP contribution in [0.4, 0.5) is 0 Å². The number of nitrogens with zero attached hydrogens (tertiary/aromatic N) is 1. The minimum absolute atomic E-state index is 0.156. The average molecular weight is 277 g/mol. The maximum Gasteiger partial charge on any atom is 0.162 e. The summed E-state index contributed by atoms with van der Waals surface area (Å²) in [5.41, 5.74) is 2.02. The van der Waals surface area contributed by atoms with E-state index in [9.17, 15) is 0 Å². The molecule has 1 N–H and O–H groups in total. The molecule has 100 valence electrons. The SMILES string of the molecule is Cc1nc(-c2ccc3c(c2)OCCO3)sc1CCO. The predicted molar refractivity (Wildman–Crippen MR) is 74.1 cm³/mol. The minimum atomic E-state index is 0.156. The number of aliphatic hydroxyl groups is 1. The van der Waals surface area contributed by atoms with Gasteiger partial charge in [0.2, 0.25) is 0 Å². The Morgan fingerprint density at radius 1 is 1.26 bits per heavy atom. The predicted octanol–water partition coefficient (Wildman–Crippen LogP) is 2.42. The molecule has 0 atom stereocenters. The van der Waals surface area contributed by atoms with E-state index in [0.29, 0.717) is 19.6 Å². The molecule has 4 nitrogen and oxygen atoms in total. The zero-order valence-electron chi connectivity index (χ0n) is 10.7. The summed E-state index contributed by atoms with van der Waals surface area (Å²) in [6, 6.07) is 5.89. The molecule has 0 aliphatic carbocycles. The zero-order valence-corrected chi connectivity index (χ0v) is 11.5. The third-order valence-electron chi connectivity index (χ3n) is 3.02. The fourth-order valence-electron chi connectivity index (χ4n) is 2.06. The highest BCUT2D eigenvalue weighted by Crippen LogP contribution is 2.36. The van der Waals surface area contributed by atoms with Crippen molar-refractivity contribution in [3.63, 3.8) is 0 Å². The first-order valence-corrected chi connectivity index (χ1v) is 7.07. The van der Waals surface area contributed by atoms with Gasteiger partial charge >= 0.3 is 0 Å². The molecule has 0 fully saturated rings. The highest BCUT2D eigenvalue weighted by molar-refractivity contribution is 7.15. The second-order valence-corrected chi connectivity index (χ2v) is 5.44. The Morgan fingerprint density at radius 3 is 2.84 bits per heavy atom. The van der Waals surface area contributed by atoms with E-state index in [1.807, 2.05) is 25.1 Å². The highest BCUT2D eigenvalue weighted by Gasteiger charge is 2.15. The molecular weight excluding hydrogens is 262 g/mol. The van der Waals surface area contributed by atoms with Crippen LogP contribution in [0.2, 0.25) is 0 Å². The number of rotatable bonds is 3. The summed E-state index contributed by atoms with van der Waals surface area (Å²) in [6.45, 7) is 3.32. The number of fused-ring (bicyclic) bond motifs is 1. The van der Waals surface area contributed by atoms with E-state index in [1.165, 1.54) is 0 Å². The lowest BCUT2D eigenvalue weighted by Crippen LogP contribution is -2.15. The van der Waals surface area contributed by atoms with Gasteiger partial charge in [-0.3, -0.25) is 0 Å². The molecule has 3 rings (SSSR count). The normalized spacial score (nSPS) is 13.6. The Labute approximate surface area is 115 Å². The standard InChI is InChI=1S/C14H15NO3S/c1-9-13(4-5-16)19-14(15-9)10-2-3-11-12(8-10)18-7-6-17-11/h2-3,8,16H,4-7H2,1H3. The van der Waals surface area contributed by atoms with E-state index in [-0.39, 0.29) is 6.61 Å². The van der Waals surface area contributed by atoms with Gasteiger partial charge in [0.25, 0.3) is 0 Å². The van der Waals surface area contributed by atoms with E-state index >= 15 is 0 Å².